The third kappa shape index (κ3) is 4.80. The van der Waals surface area contributed by atoms with Gasteiger partial charge in [-0.1, -0.05) is 66.7 Å². The Kier molecular flexibility index (Phi) is 6.02. The molecule has 130 valence electrons. The van der Waals surface area contributed by atoms with E-state index in [0.29, 0.717) is 6.54 Å². The molecule has 1 aliphatic rings. The fourth-order valence-electron chi connectivity index (χ4n) is 3.49. The molecule has 1 atom stereocenters. The summed E-state index contributed by atoms with van der Waals surface area (Å²) in [5.74, 6) is -0.866. The van der Waals surface area contributed by atoms with Crippen molar-refractivity contribution in [3.63, 3.8) is 0 Å². The maximum Gasteiger partial charge on any atom is 0.307 e. The minimum atomic E-state index is -0.658. The van der Waals surface area contributed by atoms with E-state index in [9.17, 15) is 9.90 Å². The lowest BCUT2D eigenvalue weighted by Crippen LogP contribution is -2.39. The molecular weight excluding hydrogens is 310 g/mol. The average molecular weight is 335 g/mol. The SMILES string of the molecule is O=C(O)[C@H]1CCCN(CCC=C(c2ccccc2)c2ccccc2)C1. The van der Waals surface area contributed by atoms with Gasteiger partial charge in [0.05, 0.1) is 5.92 Å². The maximum absolute atomic E-state index is 11.2. The molecule has 2 aromatic rings. The van der Waals surface area contributed by atoms with Crippen LogP contribution in [0.5, 0.6) is 0 Å². The molecule has 0 saturated carbocycles. The maximum atomic E-state index is 11.2. The van der Waals surface area contributed by atoms with Gasteiger partial charge in [0.25, 0.3) is 0 Å². The van der Waals surface area contributed by atoms with Gasteiger partial charge in [-0.3, -0.25) is 4.79 Å². The molecule has 1 heterocycles. The smallest absolute Gasteiger partial charge is 0.307 e. The monoisotopic (exact) mass is 335 g/mol. The van der Waals surface area contributed by atoms with Crippen molar-refractivity contribution >= 4 is 11.5 Å². The van der Waals surface area contributed by atoms with Crippen LogP contribution in [0.25, 0.3) is 5.57 Å². The van der Waals surface area contributed by atoms with Gasteiger partial charge < -0.3 is 10.0 Å². The van der Waals surface area contributed by atoms with Crippen molar-refractivity contribution in [2.45, 2.75) is 19.3 Å². The highest BCUT2D eigenvalue weighted by Crippen LogP contribution is 2.24. The molecule has 1 fully saturated rings. The number of benzene rings is 2. The van der Waals surface area contributed by atoms with Gasteiger partial charge in [0.15, 0.2) is 0 Å². The molecule has 0 radical (unpaired) electrons. The van der Waals surface area contributed by atoms with E-state index in [1.165, 1.54) is 16.7 Å². The van der Waals surface area contributed by atoms with Crippen LogP contribution in [0.15, 0.2) is 66.7 Å². The Morgan fingerprint density at radius 2 is 1.64 bits per heavy atom. The molecule has 0 aromatic heterocycles. The second kappa shape index (κ2) is 8.63. The van der Waals surface area contributed by atoms with Crippen LogP contribution in [0.3, 0.4) is 0 Å². The Hall–Kier alpha value is -2.39. The Bertz CT molecular complexity index is 668. The van der Waals surface area contributed by atoms with Crippen LogP contribution >= 0.6 is 0 Å². The third-order valence-electron chi connectivity index (χ3n) is 4.82. The van der Waals surface area contributed by atoms with Crippen LogP contribution in [-0.2, 0) is 4.79 Å². The average Bonchev–Trinajstić information content (AvgIpc) is 2.67. The zero-order chi connectivity index (χ0) is 17.5. The molecule has 1 saturated heterocycles. The van der Waals surface area contributed by atoms with Crippen LogP contribution in [0.2, 0.25) is 0 Å². The van der Waals surface area contributed by atoms with Crippen molar-refractivity contribution in [1.29, 1.82) is 0 Å². The highest BCUT2D eigenvalue weighted by atomic mass is 16.4. The Morgan fingerprint density at radius 1 is 1.04 bits per heavy atom. The van der Waals surface area contributed by atoms with Gasteiger partial charge in [-0.05, 0) is 42.5 Å². The van der Waals surface area contributed by atoms with Gasteiger partial charge in [0.1, 0.15) is 0 Å². The largest absolute Gasteiger partial charge is 0.481 e. The first-order valence-corrected chi connectivity index (χ1v) is 9.00. The van der Waals surface area contributed by atoms with E-state index in [0.717, 1.165) is 32.4 Å². The van der Waals surface area contributed by atoms with Gasteiger partial charge in [0, 0.05) is 13.1 Å². The molecule has 0 aliphatic carbocycles. The van der Waals surface area contributed by atoms with Crippen LogP contribution in [0, 0.1) is 5.92 Å². The van der Waals surface area contributed by atoms with Crippen molar-refractivity contribution in [1.82, 2.24) is 4.90 Å². The second-order valence-corrected chi connectivity index (χ2v) is 6.62. The molecule has 0 bridgehead atoms. The van der Waals surface area contributed by atoms with E-state index in [1.54, 1.807) is 0 Å². The zero-order valence-electron chi connectivity index (χ0n) is 14.5. The van der Waals surface area contributed by atoms with Gasteiger partial charge >= 0.3 is 5.97 Å². The lowest BCUT2D eigenvalue weighted by Gasteiger charge is -2.30. The van der Waals surface area contributed by atoms with E-state index < -0.39 is 5.97 Å². The molecule has 1 aliphatic heterocycles. The lowest BCUT2D eigenvalue weighted by atomic mass is 9.96. The summed E-state index contributed by atoms with van der Waals surface area (Å²) in [6.07, 6.45) is 4.99. The number of carbonyl (C=O) groups is 1. The summed E-state index contributed by atoms with van der Waals surface area (Å²) in [7, 11) is 0. The summed E-state index contributed by atoms with van der Waals surface area (Å²) in [5.41, 5.74) is 3.68. The number of carboxylic acids is 1. The van der Waals surface area contributed by atoms with Crippen LogP contribution in [0.4, 0.5) is 0 Å². The molecule has 3 heteroatoms. The van der Waals surface area contributed by atoms with Crippen molar-refractivity contribution in [3.8, 4) is 0 Å². The Balaban J connectivity index is 1.70. The molecule has 1 N–H and O–H groups in total. The van der Waals surface area contributed by atoms with Gasteiger partial charge in [-0.25, -0.2) is 0 Å². The number of nitrogens with zero attached hydrogens (tertiary/aromatic N) is 1. The minimum Gasteiger partial charge on any atom is -0.481 e. The number of hydrogen-bond donors (Lipinski definition) is 1. The quantitative estimate of drug-likeness (QED) is 0.855. The predicted octanol–water partition coefficient (Wildman–Crippen LogP) is 4.31. The number of carboxylic acid groups (broad SMARTS) is 1. The van der Waals surface area contributed by atoms with E-state index in [1.807, 2.05) is 12.1 Å². The topological polar surface area (TPSA) is 40.5 Å². The number of aliphatic carboxylic acids is 1. The summed E-state index contributed by atoms with van der Waals surface area (Å²) in [6.45, 7) is 2.59. The summed E-state index contributed by atoms with van der Waals surface area (Å²) >= 11 is 0. The number of likely N-dealkylation sites (tertiary alicyclic amines) is 1. The summed E-state index contributed by atoms with van der Waals surface area (Å²) < 4.78 is 0. The number of rotatable bonds is 6. The van der Waals surface area contributed by atoms with Gasteiger partial charge in [-0.15, -0.1) is 0 Å². The first-order chi connectivity index (χ1) is 12.2. The van der Waals surface area contributed by atoms with Crippen molar-refractivity contribution in [3.05, 3.63) is 77.9 Å². The molecule has 2 aromatic carbocycles. The molecule has 25 heavy (non-hydrogen) atoms. The number of hydrogen-bond acceptors (Lipinski definition) is 2. The van der Waals surface area contributed by atoms with E-state index in [2.05, 4.69) is 59.5 Å². The molecule has 3 nitrogen and oxygen atoms in total. The second-order valence-electron chi connectivity index (χ2n) is 6.62. The van der Waals surface area contributed by atoms with Gasteiger partial charge in [0.2, 0.25) is 0 Å². The van der Waals surface area contributed by atoms with Crippen LogP contribution in [-0.4, -0.2) is 35.6 Å². The van der Waals surface area contributed by atoms with Gasteiger partial charge in [-0.2, -0.15) is 0 Å². The highest BCUT2D eigenvalue weighted by molar-refractivity contribution is 5.79. The predicted molar refractivity (Wildman–Crippen MR) is 101 cm³/mol. The van der Waals surface area contributed by atoms with E-state index >= 15 is 0 Å². The molecular formula is C22H25NO2. The summed E-state index contributed by atoms with van der Waals surface area (Å²) in [5, 5.41) is 9.23. The molecule has 0 amide bonds. The Morgan fingerprint density at radius 3 is 2.20 bits per heavy atom. The standard InChI is InChI=1S/C22H25NO2/c24-22(25)20-13-7-15-23(17-20)16-8-14-21(18-9-3-1-4-10-18)19-11-5-2-6-12-19/h1-6,9-12,14,20H,7-8,13,15-17H2,(H,24,25)/t20-/m0/s1. The highest BCUT2D eigenvalue weighted by Gasteiger charge is 2.24. The fourth-order valence-corrected chi connectivity index (χ4v) is 3.49. The van der Waals surface area contributed by atoms with Crippen molar-refractivity contribution in [2.75, 3.05) is 19.6 Å². The lowest BCUT2D eigenvalue weighted by molar-refractivity contribution is -0.143. The first-order valence-electron chi connectivity index (χ1n) is 9.00. The Labute approximate surface area is 149 Å². The normalized spacial score (nSPS) is 17.8. The van der Waals surface area contributed by atoms with E-state index in [4.69, 9.17) is 0 Å². The van der Waals surface area contributed by atoms with Crippen LogP contribution in [0.1, 0.15) is 30.4 Å². The van der Waals surface area contributed by atoms with Crippen molar-refractivity contribution < 1.29 is 9.90 Å². The van der Waals surface area contributed by atoms with E-state index in [-0.39, 0.29) is 5.92 Å². The minimum absolute atomic E-state index is 0.208. The zero-order valence-corrected chi connectivity index (χ0v) is 14.5. The van der Waals surface area contributed by atoms with Crippen LogP contribution < -0.4 is 0 Å². The first kappa shape index (κ1) is 17.4. The molecule has 0 spiro atoms. The summed E-state index contributed by atoms with van der Waals surface area (Å²) in [4.78, 5) is 13.5. The van der Waals surface area contributed by atoms with Crippen molar-refractivity contribution in [2.24, 2.45) is 5.92 Å². The molecule has 3 rings (SSSR count). The third-order valence-corrected chi connectivity index (χ3v) is 4.82. The number of piperidine rings is 1. The summed E-state index contributed by atoms with van der Waals surface area (Å²) in [6, 6.07) is 20.9. The molecule has 0 unspecified atom stereocenters. The fraction of sp³-hybridized carbons (Fsp3) is 0.318.